The van der Waals surface area contributed by atoms with Gasteiger partial charge in [-0.2, -0.15) is 0 Å². The van der Waals surface area contributed by atoms with E-state index in [1.54, 1.807) is 6.92 Å². The molecule has 0 amide bonds. The quantitative estimate of drug-likeness (QED) is 0.876. The molecule has 1 fully saturated rings. The van der Waals surface area contributed by atoms with Crippen molar-refractivity contribution in [2.24, 2.45) is 5.92 Å². The summed E-state index contributed by atoms with van der Waals surface area (Å²) in [6, 6.07) is 3.59. The van der Waals surface area contributed by atoms with Gasteiger partial charge in [0.2, 0.25) is 0 Å². The summed E-state index contributed by atoms with van der Waals surface area (Å²) in [5.74, 6) is -1.87. The summed E-state index contributed by atoms with van der Waals surface area (Å²) in [6.45, 7) is 3.13. The fourth-order valence-electron chi connectivity index (χ4n) is 2.56. The number of nitrogens with one attached hydrogen (secondary N) is 1. The average molecular weight is 257 g/mol. The lowest BCUT2D eigenvalue weighted by Gasteiger charge is -2.34. The molecular formula is C14H18F3N. The van der Waals surface area contributed by atoms with Crippen LogP contribution >= 0.6 is 0 Å². The van der Waals surface area contributed by atoms with E-state index in [1.807, 2.05) is 0 Å². The summed E-state index contributed by atoms with van der Waals surface area (Å²) in [4.78, 5) is 0. The number of halogens is 3. The maximum atomic E-state index is 14.6. The van der Waals surface area contributed by atoms with Crippen molar-refractivity contribution in [3.63, 3.8) is 0 Å². The Morgan fingerprint density at radius 1 is 1.33 bits per heavy atom. The number of piperidine rings is 1. The van der Waals surface area contributed by atoms with Crippen LogP contribution in [0.3, 0.4) is 0 Å². The molecule has 1 aromatic carbocycles. The van der Waals surface area contributed by atoms with Gasteiger partial charge in [-0.15, -0.1) is 0 Å². The number of hydrogen-bond donors (Lipinski definition) is 1. The highest BCUT2D eigenvalue weighted by atomic mass is 19.2. The molecule has 1 N–H and O–H groups in total. The second-order valence-corrected chi connectivity index (χ2v) is 5.25. The molecule has 0 spiro atoms. The van der Waals surface area contributed by atoms with Gasteiger partial charge in [-0.3, -0.25) is 0 Å². The molecule has 2 rings (SSSR count). The van der Waals surface area contributed by atoms with Crippen LogP contribution in [0.5, 0.6) is 0 Å². The summed E-state index contributed by atoms with van der Waals surface area (Å²) >= 11 is 0. The lowest BCUT2D eigenvalue weighted by molar-refractivity contribution is 0.0832. The van der Waals surface area contributed by atoms with Gasteiger partial charge in [0.1, 0.15) is 5.67 Å². The lowest BCUT2D eigenvalue weighted by Crippen LogP contribution is -2.42. The Kier molecular flexibility index (Phi) is 3.95. The van der Waals surface area contributed by atoms with E-state index in [1.165, 1.54) is 6.07 Å². The van der Waals surface area contributed by atoms with Crippen molar-refractivity contribution < 1.29 is 13.2 Å². The van der Waals surface area contributed by atoms with E-state index in [0.717, 1.165) is 31.5 Å². The Hall–Kier alpha value is -1.03. The van der Waals surface area contributed by atoms with Gasteiger partial charge in [0.25, 0.3) is 0 Å². The molecule has 0 bridgehead atoms. The summed E-state index contributed by atoms with van der Waals surface area (Å²) in [5.41, 5.74) is -0.887. The largest absolute Gasteiger partial charge is 0.316 e. The summed E-state index contributed by atoms with van der Waals surface area (Å²) in [7, 11) is 0. The SMILES string of the molecule is CC(F)(Cc1ccc(F)c(F)c1)C1CCCNC1. The first-order valence-electron chi connectivity index (χ1n) is 6.32. The summed E-state index contributed by atoms with van der Waals surface area (Å²) in [6.07, 6.45) is 1.92. The first-order chi connectivity index (χ1) is 8.49. The third-order valence-corrected chi connectivity index (χ3v) is 3.68. The molecule has 1 nitrogen and oxygen atoms in total. The van der Waals surface area contributed by atoms with Gasteiger partial charge in [-0.25, -0.2) is 13.2 Å². The Labute approximate surface area is 105 Å². The summed E-state index contributed by atoms with van der Waals surface area (Å²) in [5, 5.41) is 3.17. The number of alkyl halides is 1. The number of rotatable bonds is 3. The molecule has 1 aromatic rings. The Balaban J connectivity index is 2.08. The molecule has 0 saturated carbocycles. The van der Waals surface area contributed by atoms with Gasteiger partial charge in [-0.05, 0) is 44.0 Å². The standard InChI is InChI=1S/C14H18F3N/c1-14(17,11-3-2-6-18-9-11)8-10-4-5-12(15)13(16)7-10/h4-5,7,11,18H,2-3,6,8-9H2,1H3. The normalized spacial score (nSPS) is 23.7. The van der Waals surface area contributed by atoms with E-state index >= 15 is 0 Å². The molecule has 2 unspecified atom stereocenters. The maximum Gasteiger partial charge on any atom is 0.159 e. The van der Waals surface area contributed by atoms with Crippen LogP contribution < -0.4 is 5.32 Å². The van der Waals surface area contributed by atoms with E-state index in [0.29, 0.717) is 12.1 Å². The van der Waals surface area contributed by atoms with Gasteiger partial charge in [0.15, 0.2) is 11.6 Å². The topological polar surface area (TPSA) is 12.0 Å². The van der Waals surface area contributed by atoms with Crippen molar-refractivity contribution >= 4 is 0 Å². The molecule has 0 radical (unpaired) electrons. The second-order valence-electron chi connectivity index (χ2n) is 5.25. The van der Waals surface area contributed by atoms with Crippen molar-refractivity contribution in [1.29, 1.82) is 0 Å². The minimum Gasteiger partial charge on any atom is -0.316 e. The molecule has 100 valence electrons. The molecule has 1 aliphatic rings. The molecular weight excluding hydrogens is 239 g/mol. The van der Waals surface area contributed by atoms with E-state index in [-0.39, 0.29) is 12.3 Å². The zero-order valence-electron chi connectivity index (χ0n) is 10.5. The molecule has 18 heavy (non-hydrogen) atoms. The van der Waals surface area contributed by atoms with Crippen LogP contribution in [-0.2, 0) is 6.42 Å². The molecule has 4 heteroatoms. The minimum absolute atomic E-state index is 0.0700. The van der Waals surface area contributed by atoms with E-state index in [2.05, 4.69) is 5.32 Å². The first kappa shape index (κ1) is 13.4. The van der Waals surface area contributed by atoms with Crippen molar-refractivity contribution in [2.75, 3.05) is 13.1 Å². The van der Waals surface area contributed by atoms with Crippen LogP contribution in [0.15, 0.2) is 18.2 Å². The Bertz CT molecular complexity index is 412. The molecule has 1 saturated heterocycles. The molecule has 2 atom stereocenters. The smallest absolute Gasteiger partial charge is 0.159 e. The minimum atomic E-state index is -1.39. The predicted octanol–water partition coefficient (Wildman–Crippen LogP) is 3.24. The molecule has 1 aliphatic heterocycles. The van der Waals surface area contributed by atoms with Crippen molar-refractivity contribution in [1.82, 2.24) is 5.32 Å². The number of hydrogen-bond acceptors (Lipinski definition) is 1. The van der Waals surface area contributed by atoms with Crippen LogP contribution in [-0.4, -0.2) is 18.8 Å². The lowest BCUT2D eigenvalue weighted by atomic mass is 9.81. The Morgan fingerprint density at radius 2 is 2.11 bits per heavy atom. The maximum absolute atomic E-state index is 14.6. The van der Waals surface area contributed by atoms with E-state index in [4.69, 9.17) is 0 Å². The number of benzene rings is 1. The molecule has 0 aliphatic carbocycles. The summed E-state index contributed by atoms with van der Waals surface area (Å²) < 4.78 is 40.5. The highest BCUT2D eigenvalue weighted by molar-refractivity contribution is 5.20. The van der Waals surface area contributed by atoms with Crippen LogP contribution in [0, 0.1) is 17.6 Å². The van der Waals surface area contributed by atoms with Crippen molar-refractivity contribution in [3.05, 3.63) is 35.4 Å². The van der Waals surface area contributed by atoms with Crippen LogP contribution in [0.1, 0.15) is 25.3 Å². The zero-order valence-corrected chi connectivity index (χ0v) is 10.5. The second kappa shape index (κ2) is 5.31. The van der Waals surface area contributed by atoms with E-state index < -0.39 is 17.3 Å². The molecule has 1 heterocycles. The fraction of sp³-hybridized carbons (Fsp3) is 0.571. The third kappa shape index (κ3) is 3.05. The Morgan fingerprint density at radius 3 is 2.72 bits per heavy atom. The predicted molar refractivity (Wildman–Crippen MR) is 65.2 cm³/mol. The molecule has 0 aromatic heterocycles. The van der Waals surface area contributed by atoms with Crippen LogP contribution in [0.2, 0.25) is 0 Å². The first-order valence-corrected chi connectivity index (χ1v) is 6.32. The van der Waals surface area contributed by atoms with Gasteiger partial charge in [0.05, 0.1) is 0 Å². The zero-order chi connectivity index (χ0) is 13.2. The van der Waals surface area contributed by atoms with Crippen molar-refractivity contribution in [2.45, 2.75) is 31.9 Å². The highest BCUT2D eigenvalue weighted by Crippen LogP contribution is 2.31. The third-order valence-electron chi connectivity index (χ3n) is 3.68. The van der Waals surface area contributed by atoms with Gasteiger partial charge in [-0.1, -0.05) is 6.07 Å². The van der Waals surface area contributed by atoms with Gasteiger partial charge >= 0.3 is 0 Å². The average Bonchev–Trinajstić information content (AvgIpc) is 2.35. The van der Waals surface area contributed by atoms with Crippen LogP contribution in [0.4, 0.5) is 13.2 Å². The highest BCUT2D eigenvalue weighted by Gasteiger charge is 2.35. The fourth-order valence-corrected chi connectivity index (χ4v) is 2.56. The van der Waals surface area contributed by atoms with Crippen molar-refractivity contribution in [3.8, 4) is 0 Å². The van der Waals surface area contributed by atoms with E-state index in [9.17, 15) is 13.2 Å². The van der Waals surface area contributed by atoms with Gasteiger partial charge < -0.3 is 5.32 Å². The monoisotopic (exact) mass is 257 g/mol. The van der Waals surface area contributed by atoms with Gasteiger partial charge in [0, 0.05) is 18.9 Å². The van der Waals surface area contributed by atoms with Crippen LogP contribution in [0.25, 0.3) is 0 Å².